The summed E-state index contributed by atoms with van der Waals surface area (Å²) in [4.78, 5) is 24.3. The highest BCUT2D eigenvalue weighted by Gasteiger charge is 2.10. The summed E-state index contributed by atoms with van der Waals surface area (Å²) < 4.78 is 5.23. The van der Waals surface area contributed by atoms with E-state index in [1.54, 1.807) is 29.5 Å². The van der Waals surface area contributed by atoms with Gasteiger partial charge in [-0.05, 0) is 36.1 Å². The molecule has 0 fully saturated rings. The number of hydrogen-bond donors (Lipinski definition) is 2. The van der Waals surface area contributed by atoms with Gasteiger partial charge in [0.2, 0.25) is 11.8 Å². The molecule has 0 atom stereocenters. The number of nitrogens with one attached hydrogen (secondary N) is 2. The van der Waals surface area contributed by atoms with E-state index in [9.17, 15) is 9.59 Å². The minimum Gasteiger partial charge on any atom is -0.495 e. The number of thiophene rings is 1. The van der Waals surface area contributed by atoms with Gasteiger partial charge in [0.05, 0.1) is 12.8 Å². The quantitative estimate of drug-likeness (QED) is 0.859. The Morgan fingerprint density at radius 3 is 2.68 bits per heavy atom. The number of carbonyl (C=O) groups excluding carboxylic acids is 2. The summed E-state index contributed by atoms with van der Waals surface area (Å²) in [5.74, 6) is 0.297. The number of methoxy groups -OCH3 is 1. The largest absolute Gasteiger partial charge is 0.495 e. The third kappa shape index (κ3) is 4.60. The predicted molar refractivity (Wildman–Crippen MR) is 88.6 cm³/mol. The number of amides is 2. The molecule has 2 N–H and O–H groups in total. The number of anilines is 2. The molecule has 1 aromatic carbocycles. The smallest absolute Gasteiger partial charge is 0.224 e. The van der Waals surface area contributed by atoms with E-state index in [2.05, 4.69) is 10.6 Å². The summed E-state index contributed by atoms with van der Waals surface area (Å²) in [7, 11) is 1.54. The molecular weight excluding hydrogens is 300 g/mol. The maximum atomic E-state index is 12.1. The molecule has 0 saturated heterocycles. The zero-order chi connectivity index (χ0) is 15.9. The Balaban J connectivity index is 2.02. The normalized spacial score (nSPS) is 10.1. The van der Waals surface area contributed by atoms with E-state index in [-0.39, 0.29) is 11.8 Å². The summed E-state index contributed by atoms with van der Waals surface area (Å²) in [6, 6.07) is 9.10. The summed E-state index contributed by atoms with van der Waals surface area (Å²) in [5, 5.41) is 7.50. The average Bonchev–Trinajstić information content (AvgIpc) is 2.98. The fourth-order valence-corrected chi connectivity index (χ4v) is 2.70. The van der Waals surface area contributed by atoms with Crippen LogP contribution in [0.5, 0.6) is 5.75 Å². The number of aryl methyl sites for hydroxylation is 1. The lowest BCUT2D eigenvalue weighted by atomic mass is 10.2. The Labute approximate surface area is 133 Å². The van der Waals surface area contributed by atoms with Crippen LogP contribution in [-0.4, -0.2) is 18.9 Å². The third-order valence-corrected chi connectivity index (χ3v) is 3.91. The highest BCUT2D eigenvalue weighted by Crippen LogP contribution is 2.28. The second-order valence-electron chi connectivity index (χ2n) is 4.72. The lowest BCUT2D eigenvalue weighted by Gasteiger charge is -2.12. The van der Waals surface area contributed by atoms with Crippen LogP contribution in [-0.2, 0) is 16.0 Å². The van der Waals surface area contributed by atoms with Crippen molar-refractivity contribution in [3.8, 4) is 5.75 Å². The standard InChI is InChI=1S/C16H18N2O3S/c1-11(19)17-12-5-7-15(21-2)14(10-12)18-16(20)8-6-13-4-3-9-22-13/h3-5,7,9-10H,6,8H2,1-2H3,(H,17,19)(H,18,20). The molecule has 5 nitrogen and oxygen atoms in total. The monoisotopic (exact) mass is 318 g/mol. The van der Waals surface area contributed by atoms with E-state index in [1.807, 2.05) is 17.5 Å². The highest BCUT2D eigenvalue weighted by molar-refractivity contribution is 7.09. The van der Waals surface area contributed by atoms with Crippen LogP contribution in [0.2, 0.25) is 0 Å². The van der Waals surface area contributed by atoms with Crippen molar-refractivity contribution in [1.82, 2.24) is 0 Å². The molecule has 0 radical (unpaired) electrons. The Hall–Kier alpha value is -2.34. The summed E-state index contributed by atoms with van der Waals surface area (Å²) >= 11 is 1.64. The summed E-state index contributed by atoms with van der Waals surface area (Å²) in [5.41, 5.74) is 1.16. The van der Waals surface area contributed by atoms with Crippen LogP contribution in [0.15, 0.2) is 35.7 Å². The van der Waals surface area contributed by atoms with Crippen LogP contribution < -0.4 is 15.4 Å². The van der Waals surface area contributed by atoms with Crippen molar-refractivity contribution in [3.63, 3.8) is 0 Å². The fraction of sp³-hybridized carbons (Fsp3) is 0.250. The van der Waals surface area contributed by atoms with Crippen molar-refractivity contribution >= 4 is 34.5 Å². The van der Waals surface area contributed by atoms with Gasteiger partial charge in [-0.2, -0.15) is 0 Å². The van der Waals surface area contributed by atoms with E-state index in [4.69, 9.17) is 4.74 Å². The van der Waals surface area contributed by atoms with Gasteiger partial charge >= 0.3 is 0 Å². The van der Waals surface area contributed by atoms with Crippen molar-refractivity contribution < 1.29 is 14.3 Å². The van der Waals surface area contributed by atoms with Gasteiger partial charge in [0, 0.05) is 23.9 Å². The van der Waals surface area contributed by atoms with Crippen LogP contribution in [0, 0.1) is 0 Å². The molecule has 0 bridgehead atoms. The summed E-state index contributed by atoms with van der Waals surface area (Å²) in [6.45, 7) is 1.43. The van der Waals surface area contributed by atoms with Gasteiger partial charge in [0.15, 0.2) is 0 Å². The zero-order valence-electron chi connectivity index (χ0n) is 12.5. The van der Waals surface area contributed by atoms with E-state index in [0.29, 0.717) is 30.0 Å². The Kier molecular flexibility index (Phi) is 5.55. The molecule has 6 heteroatoms. The molecule has 2 amide bonds. The highest BCUT2D eigenvalue weighted by atomic mass is 32.1. The summed E-state index contributed by atoms with van der Waals surface area (Å²) in [6.07, 6.45) is 1.10. The first kappa shape index (κ1) is 16.0. The minimum absolute atomic E-state index is 0.0910. The van der Waals surface area contributed by atoms with Crippen LogP contribution >= 0.6 is 11.3 Å². The van der Waals surface area contributed by atoms with Crippen LogP contribution in [0.3, 0.4) is 0 Å². The number of rotatable bonds is 6. The number of carbonyl (C=O) groups is 2. The molecule has 0 spiro atoms. The van der Waals surface area contributed by atoms with Crippen LogP contribution in [0.4, 0.5) is 11.4 Å². The van der Waals surface area contributed by atoms with Gasteiger partial charge in [0.1, 0.15) is 5.75 Å². The molecule has 0 aliphatic rings. The molecule has 0 unspecified atom stereocenters. The molecule has 0 saturated carbocycles. The Bertz CT molecular complexity index is 653. The van der Waals surface area contributed by atoms with Crippen LogP contribution in [0.25, 0.3) is 0 Å². The molecule has 0 aliphatic carbocycles. The van der Waals surface area contributed by atoms with Gasteiger partial charge < -0.3 is 15.4 Å². The van der Waals surface area contributed by atoms with Crippen molar-refractivity contribution in [3.05, 3.63) is 40.6 Å². The molecule has 1 aromatic heterocycles. The van der Waals surface area contributed by atoms with Crippen molar-refractivity contribution in [2.24, 2.45) is 0 Å². The van der Waals surface area contributed by atoms with Gasteiger partial charge in [-0.3, -0.25) is 9.59 Å². The van der Waals surface area contributed by atoms with E-state index in [0.717, 1.165) is 0 Å². The van der Waals surface area contributed by atoms with Gasteiger partial charge in [-0.25, -0.2) is 0 Å². The Morgan fingerprint density at radius 1 is 1.23 bits per heavy atom. The zero-order valence-corrected chi connectivity index (χ0v) is 13.3. The number of benzene rings is 1. The fourth-order valence-electron chi connectivity index (χ4n) is 1.99. The third-order valence-electron chi connectivity index (χ3n) is 2.97. The molecule has 2 rings (SSSR count). The van der Waals surface area contributed by atoms with Crippen molar-refractivity contribution in [2.45, 2.75) is 19.8 Å². The predicted octanol–water partition coefficient (Wildman–Crippen LogP) is 3.29. The van der Waals surface area contributed by atoms with Crippen LogP contribution in [0.1, 0.15) is 18.2 Å². The first-order valence-corrected chi connectivity index (χ1v) is 7.74. The van der Waals surface area contributed by atoms with Crippen molar-refractivity contribution in [1.29, 1.82) is 0 Å². The first-order chi connectivity index (χ1) is 10.6. The van der Waals surface area contributed by atoms with E-state index < -0.39 is 0 Å². The second-order valence-corrected chi connectivity index (χ2v) is 5.76. The lowest BCUT2D eigenvalue weighted by Crippen LogP contribution is -2.13. The van der Waals surface area contributed by atoms with E-state index in [1.165, 1.54) is 18.9 Å². The maximum Gasteiger partial charge on any atom is 0.224 e. The number of ether oxygens (including phenoxy) is 1. The molecule has 0 aliphatic heterocycles. The van der Waals surface area contributed by atoms with Crippen molar-refractivity contribution in [2.75, 3.05) is 17.7 Å². The molecule has 1 heterocycles. The molecule has 2 aromatic rings. The average molecular weight is 318 g/mol. The number of hydrogen-bond acceptors (Lipinski definition) is 4. The van der Waals surface area contributed by atoms with E-state index >= 15 is 0 Å². The lowest BCUT2D eigenvalue weighted by molar-refractivity contribution is -0.116. The topological polar surface area (TPSA) is 67.4 Å². The minimum atomic E-state index is -0.167. The second kappa shape index (κ2) is 7.61. The van der Waals surface area contributed by atoms with Gasteiger partial charge in [0.25, 0.3) is 0 Å². The molecule has 22 heavy (non-hydrogen) atoms. The first-order valence-electron chi connectivity index (χ1n) is 6.86. The maximum absolute atomic E-state index is 12.1. The SMILES string of the molecule is COc1ccc(NC(C)=O)cc1NC(=O)CCc1cccs1. The molecular formula is C16H18N2O3S. The Morgan fingerprint density at radius 2 is 2.05 bits per heavy atom. The van der Waals surface area contributed by atoms with Gasteiger partial charge in [-0.1, -0.05) is 6.07 Å². The van der Waals surface area contributed by atoms with Gasteiger partial charge in [-0.15, -0.1) is 11.3 Å². The molecule has 116 valence electrons.